The summed E-state index contributed by atoms with van der Waals surface area (Å²) in [5, 5.41) is 3.17. The molecule has 1 aromatic carbocycles. The molecule has 0 saturated carbocycles. The zero-order valence-corrected chi connectivity index (χ0v) is 14.1. The minimum atomic E-state index is -0.286. The number of nitrogens with zero attached hydrogens (tertiary/aromatic N) is 2. The van der Waals surface area contributed by atoms with E-state index in [9.17, 15) is 4.79 Å². The first-order valence-corrected chi connectivity index (χ1v) is 8.18. The molecule has 1 amide bonds. The van der Waals surface area contributed by atoms with Crippen LogP contribution in [0.25, 0.3) is 0 Å². The largest absolute Gasteiger partial charge is 0.497 e. The molecule has 1 atom stereocenters. The lowest BCUT2D eigenvalue weighted by Gasteiger charge is -2.25. The molecule has 3 rings (SSSR count). The number of aromatic nitrogens is 2. The maximum Gasteiger partial charge on any atom is 0.224 e. The van der Waals surface area contributed by atoms with E-state index in [1.54, 1.807) is 13.3 Å². The van der Waals surface area contributed by atoms with Gasteiger partial charge in [-0.2, -0.15) is 0 Å². The Morgan fingerprint density at radius 1 is 1.33 bits per heavy atom. The van der Waals surface area contributed by atoms with Gasteiger partial charge in [0.05, 0.1) is 7.11 Å². The third kappa shape index (κ3) is 3.59. The van der Waals surface area contributed by atoms with Crippen molar-refractivity contribution in [1.29, 1.82) is 0 Å². The Labute approximate surface area is 141 Å². The number of methoxy groups -OCH3 is 1. The van der Waals surface area contributed by atoms with Crippen LogP contribution >= 0.6 is 0 Å². The summed E-state index contributed by atoms with van der Waals surface area (Å²) in [4.78, 5) is 17.1. The maximum atomic E-state index is 12.7. The Morgan fingerprint density at radius 3 is 2.62 bits per heavy atom. The van der Waals surface area contributed by atoms with Crippen molar-refractivity contribution in [2.45, 2.75) is 18.9 Å². The third-order valence-corrected chi connectivity index (χ3v) is 4.44. The van der Waals surface area contributed by atoms with E-state index in [1.165, 1.54) is 0 Å². The summed E-state index contributed by atoms with van der Waals surface area (Å²) in [6, 6.07) is 7.43. The normalized spacial score (nSPS) is 16.6. The predicted molar refractivity (Wildman–Crippen MR) is 89.7 cm³/mol. The van der Waals surface area contributed by atoms with E-state index in [-0.39, 0.29) is 17.9 Å². The van der Waals surface area contributed by atoms with Crippen LogP contribution in [0.3, 0.4) is 0 Å². The van der Waals surface area contributed by atoms with Gasteiger partial charge in [0.1, 0.15) is 17.6 Å². The molecule has 1 saturated heterocycles. The Kier molecular flexibility index (Phi) is 5.15. The number of carbonyl (C=O) groups excluding carboxylic acids is 1. The summed E-state index contributed by atoms with van der Waals surface area (Å²) in [5.74, 6) is 1.65. The van der Waals surface area contributed by atoms with Crippen LogP contribution in [-0.2, 0) is 16.6 Å². The predicted octanol–water partition coefficient (Wildman–Crippen LogP) is 2.06. The number of amides is 1. The molecule has 1 fully saturated rings. The molecule has 2 heterocycles. The molecule has 0 bridgehead atoms. The van der Waals surface area contributed by atoms with E-state index in [0.717, 1.165) is 30.0 Å². The first-order chi connectivity index (χ1) is 11.7. The van der Waals surface area contributed by atoms with Crippen LogP contribution in [0.15, 0.2) is 36.7 Å². The fourth-order valence-electron chi connectivity index (χ4n) is 2.97. The zero-order valence-electron chi connectivity index (χ0n) is 14.1. The second kappa shape index (κ2) is 7.49. The lowest BCUT2D eigenvalue weighted by Crippen LogP contribution is -2.38. The molecule has 1 aromatic heterocycles. The highest BCUT2D eigenvalue weighted by Gasteiger charge is 2.26. The van der Waals surface area contributed by atoms with Gasteiger partial charge >= 0.3 is 0 Å². The van der Waals surface area contributed by atoms with Crippen LogP contribution in [0.1, 0.15) is 30.3 Å². The molecule has 6 heteroatoms. The fourth-order valence-corrected chi connectivity index (χ4v) is 2.97. The van der Waals surface area contributed by atoms with Crippen molar-refractivity contribution in [2.75, 3.05) is 20.3 Å². The molecule has 128 valence electrons. The highest BCUT2D eigenvalue weighted by molar-refractivity contribution is 5.79. The number of benzene rings is 1. The van der Waals surface area contributed by atoms with Gasteiger partial charge in [-0.25, -0.2) is 4.98 Å². The summed E-state index contributed by atoms with van der Waals surface area (Å²) in [7, 11) is 3.57. The highest BCUT2D eigenvalue weighted by Crippen LogP contribution is 2.24. The number of nitrogens with one attached hydrogen (secondary N) is 1. The molecule has 0 aliphatic carbocycles. The van der Waals surface area contributed by atoms with Crippen molar-refractivity contribution in [3.8, 4) is 5.75 Å². The van der Waals surface area contributed by atoms with Crippen LogP contribution in [0, 0.1) is 5.92 Å². The molecule has 24 heavy (non-hydrogen) atoms. The van der Waals surface area contributed by atoms with Gasteiger partial charge in [0, 0.05) is 38.6 Å². The zero-order chi connectivity index (χ0) is 16.9. The number of hydrogen-bond donors (Lipinski definition) is 1. The van der Waals surface area contributed by atoms with Crippen molar-refractivity contribution >= 4 is 5.91 Å². The van der Waals surface area contributed by atoms with E-state index in [2.05, 4.69) is 10.3 Å². The minimum Gasteiger partial charge on any atom is -0.497 e. The number of imidazole rings is 1. The quantitative estimate of drug-likeness (QED) is 0.912. The molecule has 0 spiro atoms. The van der Waals surface area contributed by atoms with Gasteiger partial charge in [0.2, 0.25) is 5.91 Å². The Bertz CT molecular complexity index is 675. The number of aryl methyl sites for hydroxylation is 1. The van der Waals surface area contributed by atoms with Crippen molar-refractivity contribution in [3.63, 3.8) is 0 Å². The van der Waals surface area contributed by atoms with Gasteiger partial charge in [-0.1, -0.05) is 12.1 Å². The number of carbonyl (C=O) groups is 1. The summed E-state index contributed by atoms with van der Waals surface area (Å²) in [6.45, 7) is 1.29. The molecule has 6 nitrogen and oxygen atoms in total. The fraction of sp³-hybridized carbons (Fsp3) is 0.444. The van der Waals surface area contributed by atoms with E-state index in [0.29, 0.717) is 13.2 Å². The lowest BCUT2D eigenvalue weighted by atomic mass is 9.98. The van der Waals surface area contributed by atoms with Gasteiger partial charge in [-0.15, -0.1) is 0 Å². The summed E-state index contributed by atoms with van der Waals surface area (Å²) < 4.78 is 12.5. The molecule has 1 N–H and O–H groups in total. The van der Waals surface area contributed by atoms with Crippen LogP contribution in [0.2, 0.25) is 0 Å². The van der Waals surface area contributed by atoms with E-state index < -0.39 is 0 Å². The van der Waals surface area contributed by atoms with Crippen molar-refractivity contribution < 1.29 is 14.3 Å². The topological polar surface area (TPSA) is 65.4 Å². The maximum absolute atomic E-state index is 12.7. The molecular weight excluding hydrogens is 306 g/mol. The Balaban J connectivity index is 1.84. The molecule has 0 unspecified atom stereocenters. The number of rotatable bonds is 5. The van der Waals surface area contributed by atoms with Gasteiger partial charge in [-0.3, -0.25) is 4.79 Å². The van der Waals surface area contributed by atoms with Gasteiger partial charge < -0.3 is 19.4 Å². The van der Waals surface area contributed by atoms with Crippen LogP contribution in [-0.4, -0.2) is 35.8 Å². The van der Waals surface area contributed by atoms with E-state index in [1.807, 2.05) is 42.1 Å². The Morgan fingerprint density at radius 2 is 2.04 bits per heavy atom. The molecule has 1 aliphatic rings. The van der Waals surface area contributed by atoms with Gasteiger partial charge in [-0.05, 0) is 30.5 Å². The van der Waals surface area contributed by atoms with Crippen LogP contribution < -0.4 is 10.1 Å². The standard InChI is InChI=1S/C18H23N3O3/c1-21-10-9-19-17(21)16(13-3-5-15(23-2)6-4-13)20-18(22)14-7-11-24-12-8-14/h3-6,9-10,14,16H,7-8,11-12H2,1-2H3,(H,20,22)/t16-/m0/s1. The highest BCUT2D eigenvalue weighted by atomic mass is 16.5. The van der Waals surface area contributed by atoms with Gasteiger partial charge in [0.15, 0.2) is 0 Å². The minimum absolute atomic E-state index is 0.000216. The number of hydrogen-bond acceptors (Lipinski definition) is 4. The second-order valence-corrected chi connectivity index (χ2v) is 6.00. The van der Waals surface area contributed by atoms with E-state index in [4.69, 9.17) is 9.47 Å². The number of ether oxygens (including phenoxy) is 2. The average molecular weight is 329 g/mol. The summed E-state index contributed by atoms with van der Waals surface area (Å²) in [6.07, 6.45) is 5.16. The molecule has 1 aliphatic heterocycles. The SMILES string of the molecule is COc1ccc([C@H](NC(=O)C2CCOCC2)c2nccn2C)cc1. The van der Waals surface area contributed by atoms with Crippen molar-refractivity contribution in [2.24, 2.45) is 13.0 Å². The van der Waals surface area contributed by atoms with Crippen LogP contribution in [0.5, 0.6) is 5.75 Å². The molecule has 2 aromatic rings. The molecular formula is C18H23N3O3. The average Bonchev–Trinajstić information content (AvgIpc) is 3.06. The molecule has 0 radical (unpaired) electrons. The lowest BCUT2D eigenvalue weighted by molar-refractivity contribution is -0.128. The first-order valence-electron chi connectivity index (χ1n) is 8.18. The second-order valence-electron chi connectivity index (χ2n) is 6.00. The third-order valence-electron chi connectivity index (χ3n) is 4.44. The first kappa shape index (κ1) is 16.5. The summed E-state index contributed by atoms with van der Waals surface area (Å²) in [5.41, 5.74) is 0.977. The summed E-state index contributed by atoms with van der Waals surface area (Å²) >= 11 is 0. The smallest absolute Gasteiger partial charge is 0.224 e. The van der Waals surface area contributed by atoms with Crippen molar-refractivity contribution in [1.82, 2.24) is 14.9 Å². The van der Waals surface area contributed by atoms with Crippen LogP contribution in [0.4, 0.5) is 0 Å². The Hall–Kier alpha value is -2.34. The van der Waals surface area contributed by atoms with Gasteiger partial charge in [0.25, 0.3) is 0 Å². The monoisotopic (exact) mass is 329 g/mol. The van der Waals surface area contributed by atoms with Crippen molar-refractivity contribution in [3.05, 3.63) is 48.0 Å². The van der Waals surface area contributed by atoms with E-state index >= 15 is 0 Å².